The molecule has 0 unspecified atom stereocenters. The third kappa shape index (κ3) is 7.23. The minimum atomic E-state index is -0.964. The maximum Gasteiger partial charge on any atom is 0.328 e. The average molecular weight is 266 g/mol. The molecule has 0 amide bonds. The Morgan fingerprint density at radius 3 is 2.47 bits per heavy atom. The van der Waals surface area contributed by atoms with E-state index in [4.69, 9.17) is 19.3 Å². The zero-order valence-electron chi connectivity index (χ0n) is 10.9. The van der Waals surface area contributed by atoms with Gasteiger partial charge in [0, 0.05) is 13.2 Å². The van der Waals surface area contributed by atoms with Gasteiger partial charge in [0.05, 0.1) is 19.8 Å². The molecule has 0 aliphatic heterocycles. The lowest BCUT2D eigenvalue weighted by atomic mass is 10.2. The fourth-order valence-electron chi connectivity index (χ4n) is 1.31. The summed E-state index contributed by atoms with van der Waals surface area (Å²) < 4.78 is 15.6. The number of aliphatic carboxylic acids is 1. The van der Waals surface area contributed by atoms with Gasteiger partial charge in [-0.2, -0.15) is 0 Å². The van der Waals surface area contributed by atoms with E-state index in [2.05, 4.69) is 0 Å². The molecular weight excluding hydrogens is 248 g/mol. The van der Waals surface area contributed by atoms with Crippen LogP contribution in [0, 0.1) is 0 Å². The normalized spacial score (nSPS) is 10.8. The molecule has 0 saturated heterocycles. The van der Waals surface area contributed by atoms with Crippen molar-refractivity contribution in [1.29, 1.82) is 0 Å². The third-order valence-corrected chi connectivity index (χ3v) is 2.23. The fourth-order valence-corrected chi connectivity index (χ4v) is 1.31. The zero-order valence-corrected chi connectivity index (χ0v) is 10.9. The maximum absolute atomic E-state index is 10.4. The minimum Gasteiger partial charge on any atom is -0.491 e. The summed E-state index contributed by atoms with van der Waals surface area (Å²) in [6, 6.07) is 7.16. The van der Waals surface area contributed by atoms with Gasteiger partial charge in [-0.25, -0.2) is 4.79 Å². The number of carboxylic acids is 1. The Morgan fingerprint density at radius 2 is 1.84 bits per heavy atom. The molecule has 0 heterocycles. The molecule has 1 N–H and O–H groups in total. The predicted octanol–water partition coefficient (Wildman–Crippen LogP) is 1.83. The first kappa shape index (κ1) is 15.2. The number of hydrogen-bond donors (Lipinski definition) is 1. The van der Waals surface area contributed by atoms with Crippen molar-refractivity contribution in [1.82, 2.24) is 0 Å². The van der Waals surface area contributed by atoms with E-state index in [1.807, 2.05) is 0 Å². The molecular formula is C14H18O5. The van der Waals surface area contributed by atoms with Gasteiger partial charge in [-0.15, -0.1) is 0 Å². The second-order valence-electron chi connectivity index (χ2n) is 3.69. The second kappa shape index (κ2) is 9.13. The smallest absolute Gasteiger partial charge is 0.328 e. The van der Waals surface area contributed by atoms with E-state index in [1.165, 1.54) is 6.08 Å². The molecule has 104 valence electrons. The summed E-state index contributed by atoms with van der Waals surface area (Å²) in [4.78, 5) is 10.4. The van der Waals surface area contributed by atoms with Crippen LogP contribution in [-0.2, 0) is 14.3 Å². The van der Waals surface area contributed by atoms with Crippen LogP contribution in [0.1, 0.15) is 5.56 Å². The standard InChI is InChI=1S/C14H18O5/c1-17-8-9-18-10-11-19-13-5-2-12(3-6-13)4-7-14(15)16/h2-7H,8-11H2,1H3,(H,15,16). The molecule has 0 fully saturated rings. The monoisotopic (exact) mass is 266 g/mol. The van der Waals surface area contributed by atoms with E-state index in [0.717, 1.165) is 17.4 Å². The molecule has 1 aromatic carbocycles. The van der Waals surface area contributed by atoms with Gasteiger partial charge in [-0.05, 0) is 23.8 Å². The van der Waals surface area contributed by atoms with Crippen molar-refractivity contribution < 1.29 is 24.1 Å². The molecule has 1 aromatic rings. The van der Waals surface area contributed by atoms with Crippen LogP contribution in [0.4, 0.5) is 0 Å². The van der Waals surface area contributed by atoms with Crippen LogP contribution >= 0.6 is 0 Å². The number of rotatable bonds is 9. The van der Waals surface area contributed by atoms with Crippen molar-refractivity contribution in [2.24, 2.45) is 0 Å². The Morgan fingerprint density at radius 1 is 1.16 bits per heavy atom. The largest absolute Gasteiger partial charge is 0.491 e. The van der Waals surface area contributed by atoms with Gasteiger partial charge < -0.3 is 19.3 Å². The van der Waals surface area contributed by atoms with Crippen molar-refractivity contribution in [2.75, 3.05) is 33.5 Å². The van der Waals surface area contributed by atoms with Crippen molar-refractivity contribution >= 4 is 12.0 Å². The van der Waals surface area contributed by atoms with Gasteiger partial charge in [0.2, 0.25) is 0 Å². The van der Waals surface area contributed by atoms with Crippen LogP contribution in [0.5, 0.6) is 5.75 Å². The number of benzene rings is 1. The number of methoxy groups -OCH3 is 1. The van der Waals surface area contributed by atoms with E-state index in [0.29, 0.717) is 26.4 Å². The molecule has 0 aromatic heterocycles. The summed E-state index contributed by atoms with van der Waals surface area (Å²) in [5.41, 5.74) is 0.811. The quantitative estimate of drug-likeness (QED) is 0.545. The Balaban J connectivity index is 2.26. The SMILES string of the molecule is COCCOCCOc1ccc(C=CC(=O)O)cc1. The van der Waals surface area contributed by atoms with Gasteiger partial charge in [-0.1, -0.05) is 12.1 Å². The molecule has 5 heteroatoms. The maximum atomic E-state index is 10.4. The van der Waals surface area contributed by atoms with Gasteiger partial charge in [0.1, 0.15) is 12.4 Å². The summed E-state index contributed by atoms with van der Waals surface area (Å²) >= 11 is 0. The molecule has 0 aliphatic rings. The molecule has 19 heavy (non-hydrogen) atoms. The van der Waals surface area contributed by atoms with Crippen molar-refractivity contribution in [3.8, 4) is 5.75 Å². The lowest BCUT2D eigenvalue weighted by Crippen LogP contribution is -2.09. The molecule has 0 radical (unpaired) electrons. The molecule has 0 spiro atoms. The number of carboxylic acid groups (broad SMARTS) is 1. The van der Waals surface area contributed by atoms with Crippen molar-refractivity contribution in [2.45, 2.75) is 0 Å². The number of hydrogen-bond acceptors (Lipinski definition) is 4. The highest BCUT2D eigenvalue weighted by atomic mass is 16.5. The Hall–Kier alpha value is -1.85. The van der Waals surface area contributed by atoms with Crippen molar-refractivity contribution in [3.63, 3.8) is 0 Å². The lowest BCUT2D eigenvalue weighted by Gasteiger charge is -2.07. The highest BCUT2D eigenvalue weighted by molar-refractivity contribution is 5.85. The Labute approximate surface area is 112 Å². The summed E-state index contributed by atoms with van der Waals surface area (Å²) in [7, 11) is 1.63. The van der Waals surface area contributed by atoms with Crippen LogP contribution in [-0.4, -0.2) is 44.6 Å². The predicted molar refractivity (Wildman–Crippen MR) is 71.3 cm³/mol. The molecule has 0 atom stereocenters. The summed E-state index contributed by atoms with van der Waals surface area (Å²) in [5.74, 6) is -0.239. The first-order chi connectivity index (χ1) is 9.22. The fraction of sp³-hybridized carbons (Fsp3) is 0.357. The van der Waals surface area contributed by atoms with E-state index < -0.39 is 5.97 Å². The molecule has 1 rings (SSSR count). The van der Waals surface area contributed by atoms with Crippen molar-refractivity contribution in [3.05, 3.63) is 35.9 Å². The Bertz CT molecular complexity index is 397. The highest BCUT2D eigenvalue weighted by Crippen LogP contribution is 2.13. The first-order valence-corrected chi connectivity index (χ1v) is 5.93. The molecule has 0 saturated carbocycles. The van der Waals surface area contributed by atoms with Gasteiger partial charge in [-0.3, -0.25) is 0 Å². The Kier molecular flexibility index (Phi) is 7.31. The first-order valence-electron chi connectivity index (χ1n) is 5.93. The summed E-state index contributed by atoms with van der Waals surface area (Å²) in [5, 5.41) is 8.50. The highest BCUT2D eigenvalue weighted by Gasteiger charge is 1.95. The van der Waals surface area contributed by atoms with E-state index >= 15 is 0 Å². The van der Waals surface area contributed by atoms with E-state index in [9.17, 15) is 4.79 Å². The zero-order chi connectivity index (χ0) is 13.9. The lowest BCUT2D eigenvalue weighted by molar-refractivity contribution is -0.131. The average Bonchev–Trinajstić information content (AvgIpc) is 2.41. The summed E-state index contributed by atoms with van der Waals surface area (Å²) in [6.45, 7) is 2.10. The van der Waals surface area contributed by atoms with Crippen LogP contribution in [0.25, 0.3) is 6.08 Å². The number of ether oxygens (including phenoxy) is 3. The third-order valence-electron chi connectivity index (χ3n) is 2.23. The van der Waals surface area contributed by atoms with Crippen LogP contribution < -0.4 is 4.74 Å². The van der Waals surface area contributed by atoms with Crippen LogP contribution in [0.15, 0.2) is 30.3 Å². The molecule has 0 aliphatic carbocycles. The molecule has 0 bridgehead atoms. The van der Waals surface area contributed by atoms with Gasteiger partial charge in [0.15, 0.2) is 0 Å². The van der Waals surface area contributed by atoms with Gasteiger partial charge in [0.25, 0.3) is 0 Å². The van der Waals surface area contributed by atoms with Gasteiger partial charge >= 0.3 is 5.97 Å². The van der Waals surface area contributed by atoms with Crippen LogP contribution in [0.3, 0.4) is 0 Å². The summed E-state index contributed by atoms with van der Waals surface area (Å²) in [6.07, 6.45) is 2.62. The topological polar surface area (TPSA) is 65.0 Å². The number of carbonyl (C=O) groups is 1. The van der Waals surface area contributed by atoms with Crippen LogP contribution in [0.2, 0.25) is 0 Å². The minimum absolute atomic E-state index is 0.466. The molecule has 5 nitrogen and oxygen atoms in total. The van der Waals surface area contributed by atoms with E-state index in [-0.39, 0.29) is 0 Å². The second-order valence-corrected chi connectivity index (χ2v) is 3.69. The van der Waals surface area contributed by atoms with E-state index in [1.54, 1.807) is 31.4 Å².